The molecule has 0 aromatic rings. The molecular weight excluding hydrogens is 230 g/mol. The van der Waals surface area contributed by atoms with E-state index in [2.05, 4.69) is 5.32 Å². The van der Waals surface area contributed by atoms with E-state index in [-0.39, 0.29) is 24.7 Å². The van der Waals surface area contributed by atoms with Crippen molar-refractivity contribution in [2.75, 3.05) is 6.61 Å². The zero-order chi connectivity index (χ0) is 14.2. The second kappa shape index (κ2) is 8.35. The van der Waals surface area contributed by atoms with Crippen LogP contribution in [0.15, 0.2) is 0 Å². The van der Waals surface area contributed by atoms with Crippen molar-refractivity contribution in [3.63, 3.8) is 0 Å². The SMILES string of the molecule is CC.CC(C)(C)OC(=O)NC1CCCC[C@@H]1CO. The van der Waals surface area contributed by atoms with Crippen LogP contribution in [0.4, 0.5) is 4.79 Å². The fourth-order valence-corrected chi connectivity index (χ4v) is 2.08. The van der Waals surface area contributed by atoms with Crippen molar-refractivity contribution in [1.82, 2.24) is 5.32 Å². The van der Waals surface area contributed by atoms with Crippen LogP contribution < -0.4 is 5.32 Å². The van der Waals surface area contributed by atoms with Gasteiger partial charge >= 0.3 is 6.09 Å². The molecule has 2 N–H and O–H groups in total. The summed E-state index contributed by atoms with van der Waals surface area (Å²) in [5.74, 6) is 0.182. The molecule has 1 aliphatic rings. The molecule has 0 heterocycles. The van der Waals surface area contributed by atoms with Gasteiger partial charge in [0.25, 0.3) is 0 Å². The maximum absolute atomic E-state index is 11.6. The van der Waals surface area contributed by atoms with Gasteiger partial charge in [-0.15, -0.1) is 0 Å². The van der Waals surface area contributed by atoms with Gasteiger partial charge in [-0.05, 0) is 33.6 Å². The van der Waals surface area contributed by atoms with Crippen LogP contribution in [-0.2, 0) is 4.74 Å². The quantitative estimate of drug-likeness (QED) is 0.801. The molecular formula is C14H29NO3. The van der Waals surface area contributed by atoms with Crippen molar-refractivity contribution in [1.29, 1.82) is 0 Å². The molecule has 0 aromatic carbocycles. The number of alkyl carbamates (subject to hydrolysis) is 1. The van der Waals surface area contributed by atoms with Crippen molar-refractivity contribution in [2.24, 2.45) is 5.92 Å². The summed E-state index contributed by atoms with van der Waals surface area (Å²) in [7, 11) is 0. The second-order valence-electron chi connectivity index (χ2n) is 5.48. The van der Waals surface area contributed by atoms with Gasteiger partial charge in [0, 0.05) is 18.6 Å². The normalized spacial score (nSPS) is 23.7. The summed E-state index contributed by atoms with van der Waals surface area (Å²) >= 11 is 0. The van der Waals surface area contributed by atoms with Gasteiger partial charge in [-0.25, -0.2) is 4.79 Å². The molecule has 1 fully saturated rings. The van der Waals surface area contributed by atoms with Crippen LogP contribution in [0.3, 0.4) is 0 Å². The van der Waals surface area contributed by atoms with Crippen LogP contribution in [0.5, 0.6) is 0 Å². The summed E-state index contributed by atoms with van der Waals surface area (Å²) in [6, 6.07) is 0.0635. The molecule has 1 aliphatic carbocycles. The van der Waals surface area contributed by atoms with Crippen molar-refractivity contribution in [2.45, 2.75) is 71.9 Å². The molecule has 4 nitrogen and oxygen atoms in total. The van der Waals surface area contributed by atoms with Crippen LogP contribution in [0.25, 0.3) is 0 Å². The number of ether oxygens (including phenoxy) is 1. The van der Waals surface area contributed by atoms with E-state index in [1.807, 2.05) is 34.6 Å². The fraction of sp³-hybridized carbons (Fsp3) is 0.929. The summed E-state index contributed by atoms with van der Waals surface area (Å²) in [6.45, 7) is 9.67. The molecule has 108 valence electrons. The minimum absolute atomic E-state index is 0.0635. The highest BCUT2D eigenvalue weighted by Crippen LogP contribution is 2.24. The number of aliphatic hydroxyl groups is 1. The number of carbonyl (C=O) groups is 1. The van der Waals surface area contributed by atoms with E-state index in [1.54, 1.807) is 0 Å². The Morgan fingerprint density at radius 2 is 1.83 bits per heavy atom. The van der Waals surface area contributed by atoms with Gasteiger partial charge in [0.1, 0.15) is 5.60 Å². The monoisotopic (exact) mass is 259 g/mol. The third-order valence-corrected chi connectivity index (χ3v) is 2.85. The van der Waals surface area contributed by atoms with E-state index in [0.29, 0.717) is 0 Å². The summed E-state index contributed by atoms with van der Waals surface area (Å²) in [4.78, 5) is 11.6. The lowest BCUT2D eigenvalue weighted by Crippen LogP contribution is -2.45. The van der Waals surface area contributed by atoms with Crippen LogP contribution >= 0.6 is 0 Å². The van der Waals surface area contributed by atoms with Gasteiger partial charge in [0.05, 0.1) is 0 Å². The van der Waals surface area contributed by atoms with Crippen LogP contribution in [0, 0.1) is 5.92 Å². The van der Waals surface area contributed by atoms with Gasteiger partial charge in [-0.1, -0.05) is 26.7 Å². The second-order valence-corrected chi connectivity index (χ2v) is 5.48. The minimum atomic E-state index is -0.465. The van der Waals surface area contributed by atoms with Crippen LogP contribution in [-0.4, -0.2) is 29.4 Å². The van der Waals surface area contributed by atoms with Gasteiger partial charge in [-0.3, -0.25) is 0 Å². The smallest absolute Gasteiger partial charge is 0.407 e. The lowest BCUT2D eigenvalue weighted by atomic mass is 9.85. The average molecular weight is 259 g/mol. The third kappa shape index (κ3) is 6.84. The predicted molar refractivity (Wildman–Crippen MR) is 73.5 cm³/mol. The molecule has 1 saturated carbocycles. The molecule has 1 unspecified atom stereocenters. The van der Waals surface area contributed by atoms with Crippen molar-refractivity contribution >= 4 is 6.09 Å². The maximum atomic E-state index is 11.6. The first-order valence-corrected chi connectivity index (χ1v) is 7.03. The molecule has 1 amide bonds. The summed E-state index contributed by atoms with van der Waals surface area (Å²) in [5.41, 5.74) is -0.465. The number of hydrogen-bond acceptors (Lipinski definition) is 3. The Morgan fingerprint density at radius 3 is 2.33 bits per heavy atom. The Morgan fingerprint density at radius 1 is 1.28 bits per heavy atom. The highest BCUT2D eigenvalue weighted by Gasteiger charge is 2.27. The van der Waals surface area contributed by atoms with E-state index >= 15 is 0 Å². The summed E-state index contributed by atoms with van der Waals surface area (Å²) in [6.07, 6.45) is 3.79. The van der Waals surface area contributed by atoms with Crippen LogP contribution in [0.1, 0.15) is 60.3 Å². The molecule has 0 bridgehead atoms. The van der Waals surface area contributed by atoms with E-state index in [0.717, 1.165) is 25.7 Å². The zero-order valence-corrected chi connectivity index (χ0v) is 12.5. The average Bonchev–Trinajstić information content (AvgIpc) is 2.30. The van der Waals surface area contributed by atoms with E-state index in [9.17, 15) is 9.90 Å². The largest absolute Gasteiger partial charge is 0.444 e. The van der Waals surface area contributed by atoms with Crippen molar-refractivity contribution in [3.8, 4) is 0 Å². The molecule has 18 heavy (non-hydrogen) atoms. The first-order valence-electron chi connectivity index (χ1n) is 7.03. The summed E-state index contributed by atoms with van der Waals surface area (Å²) in [5, 5.41) is 12.1. The maximum Gasteiger partial charge on any atom is 0.407 e. The Kier molecular flexibility index (Phi) is 8.00. The molecule has 0 aliphatic heterocycles. The zero-order valence-electron chi connectivity index (χ0n) is 12.5. The lowest BCUT2D eigenvalue weighted by Gasteiger charge is -2.31. The Balaban J connectivity index is 0.00000137. The fourth-order valence-electron chi connectivity index (χ4n) is 2.08. The minimum Gasteiger partial charge on any atom is -0.444 e. The van der Waals surface area contributed by atoms with Crippen molar-refractivity contribution in [3.05, 3.63) is 0 Å². The first-order chi connectivity index (χ1) is 8.42. The topological polar surface area (TPSA) is 58.6 Å². The highest BCUT2D eigenvalue weighted by molar-refractivity contribution is 5.68. The van der Waals surface area contributed by atoms with Gasteiger partial charge in [-0.2, -0.15) is 0 Å². The highest BCUT2D eigenvalue weighted by atomic mass is 16.6. The standard InChI is InChI=1S/C12H23NO3.C2H6/c1-12(2,3)16-11(15)13-10-7-5-4-6-9(10)8-14;1-2/h9-10,14H,4-8H2,1-3H3,(H,13,15);1-2H3/t9-,10?;/m1./s1. The van der Waals surface area contributed by atoms with Gasteiger partial charge < -0.3 is 15.2 Å². The first kappa shape index (κ1) is 17.2. The summed E-state index contributed by atoms with van der Waals surface area (Å²) < 4.78 is 5.20. The molecule has 4 heteroatoms. The number of carbonyl (C=O) groups excluding carboxylic acids is 1. The van der Waals surface area contributed by atoms with Crippen molar-refractivity contribution < 1.29 is 14.6 Å². The Labute approximate surface area is 111 Å². The lowest BCUT2D eigenvalue weighted by molar-refractivity contribution is 0.0446. The number of aliphatic hydroxyl groups excluding tert-OH is 1. The van der Waals surface area contributed by atoms with Gasteiger partial charge in [0.2, 0.25) is 0 Å². The number of hydrogen-bond donors (Lipinski definition) is 2. The third-order valence-electron chi connectivity index (χ3n) is 2.85. The Bertz CT molecular complexity index is 236. The van der Waals surface area contributed by atoms with E-state index in [1.165, 1.54) is 0 Å². The van der Waals surface area contributed by atoms with Crippen LogP contribution in [0.2, 0.25) is 0 Å². The molecule has 1 rings (SSSR count). The predicted octanol–water partition coefficient (Wildman–Crippen LogP) is 3.09. The Hall–Kier alpha value is -0.770. The molecule has 0 saturated heterocycles. The number of amides is 1. The number of nitrogens with one attached hydrogen (secondary N) is 1. The van der Waals surface area contributed by atoms with E-state index in [4.69, 9.17) is 4.74 Å². The van der Waals surface area contributed by atoms with Gasteiger partial charge in [0.15, 0.2) is 0 Å². The number of rotatable bonds is 2. The van der Waals surface area contributed by atoms with E-state index < -0.39 is 5.60 Å². The molecule has 0 aromatic heterocycles. The molecule has 2 atom stereocenters. The molecule has 0 radical (unpaired) electrons. The molecule has 0 spiro atoms.